The van der Waals surface area contributed by atoms with E-state index in [0.717, 1.165) is 58.0 Å². The minimum absolute atomic E-state index is 0.311. The number of piperidine rings is 1. The summed E-state index contributed by atoms with van der Waals surface area (Å²) in [6.45, 7) is 4.28. The van der Waals surface area contributed by atoms with Crippen LogP contribution in [0.2, 0.25) is 0 Å². The molecule has 4 rings (SSSR count). The predicted octanol–water partition coefficient (Wildman–Crippen LogP) is 1.27. The van der Waals surface area contributed by atoms with Gasteiger partial charge in [0.1, 0.15) is 12.0 Å². The van der Waals surface area contributed by atoms with Crippen molar-refractivity contribution in [1.82, 2.24) is 19.7 Å². The second-order valence-corrected chi connectivity index (χ2v) is 6.63. The molecule has 1 atom stereocenters. The molecule has 0 bridgehead atoms. The fourth-order valence-electron chi connectivity index (χ4n) is 3.43. The number of nitrogen functional groups attached to an aromatic ring is 1. The molecule has 2 aliphatic heterocycles. The van der Waals surface area contributed by atoms with Crippen LogP contribution in [0.25, 0.3) is 5.82 Å². The molecule has 2 aromatic rings. The zero-order valence-corrected chi connectivity index (χ0v) is 14.3. The van der Waals surface area contributed by atoms with Crippen LogP contribution in [0.4, 0.5) is 11.5 Å². The summed E-state index contributed by atoms with van der Waals surface area (Å²) in [6.07, 6.45) is 8.47. The molecule has 8 nitrogen and oxygen atoms in total. The van der Waals surface area contributed by atoms with Crippen LogP contribution in [0.1, 0.15) is 19.3 Å². The van der Waals surface area contributed by atoms with Gasteiger partial charge in [0.15, 0.2) is 11.6 Å². The Balaban J connectivity index is 1.37. The van der Waals surface area contributed by atoms with Crippen LogP contribution in [-0.2, 0) is 9.47 Å². The number of rotatable bonds is 5. The van der Waals surface area contributed by atoms with Crippen LogP contribution in [0.15, 0.2) is 24.8 Å². The fourth-order valence-corrected chi connectivity index (χ4v) is 3.43. The smallest absolute Gasteiger partial charge is 0.181 e. The monoisotopic (exact) mass is 344 g/mol. The predicted molar refractivity (Wildman–Crippen MR) is 93.7 cm³/mol. The summed E-state index contributed by atoms with van der Waals surface area (Å²) in [5.74, 6) is 1.96. The molecular weight excluding hydrogens is 320 g/mol. The summed E-state index contributed by atoms with van der Waals surface area (Å²) in [7, 11) is 0. The van der Waals surface area contributed by atoms with E-state index in [0.29, 0.717) is 23.5 Å². The molecule has 0 spiro atoms. The Bertz CT molecular complexity index is 678. The molecule has 2 aromatic heterocycles. The lowest BCUT2D eigenvalue weighted by Crippen LogP contribution is -2.38. The normalized spacial score (nSPS) is 21.8. The van der Waals surface area contributed by atoms with Gasteiger partial charge in [0.2, 0.25) is 0 Å². The van der Waals surface area contributed by atoms with Gasteiger partial charge in [0.05, 0.1) is 19.3 Å². The van der Waals surface area contributed by atoms with Crippen molar-refractivity contribution in [3.8, 4) is 5.82 Å². The molecule has 2 fully saturated rings. The van der Waals surface area contributed by atoms with Gasteiger partial charge in [-0.25, -0.2) is 14.6 Å². The lowest BCUT2D eigenvalue weighted by atomic mass is 10.1. The topological polar surface area (TPSA) is 91.3 Å². The molecule has 0 aromatic carbocycles. The Morgan fingerprint density at radius 1 is 1.20 bits per heavy atom. The highest BCUT2D eigenvalue weighted by Gasteiger charge is 2.25. The van der Waals surface area contributed by atoms with Gasteiger partial charge < -0.3 is 20.1 Å². The van der Waals surface area contributed by atoms with E-state index in [4.69, 9.17) is 15.2 Å². The van der Waals surface area contributed by atoms with E-state index >= 15 is 0 Å². The molecular formula is C17H24N6O2. The molecule has 4 heterocycles. The van der Waals surface area contributed by atoms with Gasteiger partial charge in [0.25, 0.3) is 0 Å². The van der Waals surface area contributed by atoms with Crippen molar-refractivity contribution in [3.05, 3.63) is 24.8 Å². The zero-order valence-electron chi connectivity index (χ0n) is 14.3. The number of nitrogens with zero attached hydrogens (tertiary/aromatic N) is 5. The number of ether oxygens (including phenoxy) is 2. The number of hydrogen-bond acceptors (Lipinski definition) is 7. The standard InChI is InChI=1S/C17H24N6O2/c18-15-16(19-12-20-17(15)23-6-1-5-21-23)22-7-2-14(3-8-22)25-11-13-4-9-24-10-13/h1,5-6,12-14H,2-4,7-11,18H2. The number of aromatic nitrogens is 4. The first kappa shape index (κ1) is 16.3. The van der Waals surface area contributed by atoms with E-state index in [1.807, 2.05) is 12.3 Å². The van der Waals surface area contributed by atoms with E-state index in [9.17, 15) is 0 Å². The van der Waals surface area contributed by atoms with Crippen LogP contribution < -0.4 is 10.6 Å². The average molecular weight is 344 g/mol. The van der Waals surface area contributed by atoms with Crippen LogP contribution in [0.3, 0.4) is 0 Å². The van der Waals surface area contributed by atoms with E-state index in [1.54, 1.807) is 17.2 Å². The maximum atomic E-state index is 6.31. The van der Waals surface area contributed by atoms with Crippen LogP contribution in [0, 0.1) is 5.92 Å². The first-order chi connectivity index (χ1) is 12.3. The average Bonchev–Trinajstić information content (AvgIpc) is 3.35. The van der Waals surface area contributed by atoms with E-state index in [-0.39, 0.29) is 0 Å². The molecule has 0 aliphatic carbocycles. The highest BCUT2D eigenvalue weighted by molar-refractivity contribution is 5.70. The van der Waals surface area contributed by atoms with Crippen molar-refractivity contribution in [2.75, 3.05) is 43.5 Å². The van der Waals surface area contributed by atoms with Crippen molar-refractivity contribution < 1.29 is 9.47 Å². The van der Waals surface area contributed by atoms with Gasteiger partial charge in [0, 0.05) is 38.0 Å². The molecule has 25 heavy (non-hydrogen) atoms. The first-order valence-corrected chi connectivity index (χ1v) is 8.86. The third-order valence-electron chi connectivity index (χ3n) is 4.90. The summed E-state index contributed by atoms with van der Waals surface area (Å²) >= 11 is 0. The second-order valence-electron chi connectivity index (χ2n) is 6.63. The molecule has 2 aliphatic rings. The SMILES string of the molecule is Nc1c(N2CCC(OCC3CCOC3)CC2)ncnc1-n1cccn1. The summed E-state index contributed by atoms with van der Waals surface area (Å²) < 4.78 is 13.1. The lowest BCUT2D eigenvalue weighted by Gasteiger charge is -2.33. The zero-order chi connectivity index (χ0) is 17.1. The van der Waals surface area contributed by atoms with Crippen molar-refractivity contribution in [3.63, 3.8) is 0 Å². The van der Waals surface area contributed by atoms with Gasteiger partial charge in [-0.3, -0.25) is 0 Å². The summed E-state index contributed by atoms with van der Waals surface area (Å²) in [4.78, 5) is 10.9. The van der Waals surface area contributed by atoms with E-state index < -0.39 is 0 Å². The maximum Gasteiger partial charge on any atom is 0.181 e. The Hall–Kier alpha value is -2.19. The molecule has 0 saturated carbocycles. The van der Waals surface area contributed by atoms with Crippen molar-refractivity contribution in [2.45, 2.75) is 25.4 Å². The summed E-state index contributed by atoms with van der Waals surface area (Å²) in [6, 6.07) is 1.85. The van der Waals surface area contributed by atoms with Gasteiger partial charge in [-0.15, -0.1) is 0 Å². The fraction of sp³-hybridized carbons (Fsp3) is 0.588. The lowest BCUT2D eigenvalue weighted by molar-refractivity contribution is 0.0131. The van der Waals surface area contributed by atoms with Gasteiger partial charge in [-0.2, -0.15) is 5.10 Å². The largest absolute Gasteiger partial charge is 0.393 e. The van der Waals surface area contributed by atoms with E-state index in [2.05, 4.69) is 20.0 Å². The van der Waals surface area contributed by atoms with E-state index in [1.165, 1.54) is 0 Å². The Morgan fingerprint density at radius 2 is 2.04 bits per heavy atom. The van der Waals surface area contributed by atoms with Crippen molar-refractivity contribution >= 4 is 11.5 Å². The molecule has 2 N–H and O–H groups in total. The maximum absolute atomic E-state index is 6.31. The third-order valence-corrected chi connectivity index (χ3v) is 4.90. The molecule has 2 saturated heterocycles. The highest BCUT2D eigenvalue weighted by atomic mass is 16.5. The van der Waals surface area contributed by atoms with Crippen LogP contribution in [0.5, 0.6) is 0 Å². The summed E-state index contributed by atoms with van der Waals surface area (Å²) in [5, 5.41) is 4.21. The minimum atomic E-state index is 0.311. The minimum Gasteiger partial charge on any atom is -0.393 e. The Morgan fingerprint density at radius 3 is 2.76 bits per heavy atom. The van der Waals surface area contributed by atoms with Gasteiger partial charge in [-0.05, 0) is 25.3 Å². The number of nitrogens with two attached hydrogens (primary N) is 1. The second kappa shape index (κ2) is 7.37. The molecule has 0 amide bonds. The van der Waals surface area contributed by atoms with Crippen LogP contribution in [-0.4, -0.2) is 58.8 Å². The van der Waals surface area contributed by atoms with Gasteiger partial charge in [-0.1, -0.05) is 0 Å². The number of anilines is 2. The molecule has 134 valence electrons. The quantitative estimate of drug-likeness (QED) is 0.873. The highest BCUT2D eigenvalue weighted by Crippen LogP contribution is 2.28. The number of hydrogen-bond donors (Lipinski definition) is 1. The molecule has 0 radical (unpaired) electrons. The van der Waals surface area contributed by atoms with Crippen molar-refractivity contribution in [2.24, 2.45) is 5.92 Å². The first-order valence-electron chi connectivity index (χ1n) is 8.86. The van der Waals surface area contributed by atoms with Gasteiger partial charge >= 0.3 is 0 Å². The molecule has 1 unspecified atom stereocenters. The Kier molecular flexibility index (Phi) is 4.80. The van der Waals surface area contributed by atoms with Crippen molar-refractivity contribution in [1.29, 1.82) is 0 Å². The Labute approximate surface area is 146 Å². The third kappa shape index (κ3) is 3.59. The molecule has 8 heteroatoms. The summed E-state index contributed by atoms with van der Waals surface area (Å²) in [5.41, 5.74) is 6.87. The van der Waals surface area contributed by atoms with Crippen LogP contribution >= 0.6 is 0 Å².